The number of benzene rings is 8. The predicted molar refractivity (Wildman–Crippen MR) is 226 cm³/mol. The average molecular weight is 700 g/mol. The van der Waals surface area contributed by atoms with Crippen molar-refractivity contribution in [3.63, 3.8) is 0 Å². The lowest BCUT2D eigenvalue weighted by molar-refractivity contribution is 1.16. The van der Waals surface area contributed by atoms with E-state index in [-0.39, 0.29) is 0 Å². The Morgan fingerprint density at radius 2 is 0.964 bits per heavy atom. The van der Waals surface area contributed by atoms with Gasteiger partial charge in [-0.2, -0.15) is 5.26 Å². The Labute approximate surface area is 316 Å². The summed E-state index contributed by atoms with van der Waals surface area (Å²) in [6, 6.07) is 63.6. The quantitative estimate of drug-likeness (QED) is 0.169. The molecule has 0 aliphatic rings. The largest absolute Gasteiger partial charge is 0.309 e. The first-order chi connectivity index (χ1) is 27.2. The standard InChI is InChI=1S/C50H29N5/c1-52-34-28-33(29-35(30-34)53-43-22-8-5-18-39(43)40-20-12-14-32(31-51)50(40)53)36-15-2-7-21-42(36)54-46-25-11-6-19-41(46)49-47(54)26-13-27-48(49)55-44-23-9-3-16-37(44)38-17-4-10-24-45(38)55/h2-30H. The fourth-order valence-electron chi connectivity index (χ4n) is 8.86. The number of para-hydroxylation sites is 6. The third-order valence-corrected chi connectivity index (χ3v) is 11.1. The third-order valence-electron chi connectivity index (χ3n) is 11.1. The molecule has 0 spiro atoms. The van der Waals surface area contributed by atoms with Crippen molar-refractivity contribution in [2.45, 2.75) is 0 Å². The van der Waals surface area contributed by atoms with E-state index >= 15 is 0 Å². The minimum Gasteiger partial charge on any atom is -0.309 e. The number of fused-ring (bicyclic) bond motifs is 9. The fraction of sp³-hybridized carbons (Fsp3) is 0. The van der Waals surface area contributed by atoms with Gasteiger partial charge in [0.2, 0.25) is 0 Å². The van der Waals surface area contributed by atoms with Crippen LogP contribution in [0, 0.1) is 17.9 Å². The van der Waals surface area contributed by atoms with Gasteiger partial charge in [0.1, 0.15) is 6.07 Å². The highest BCUT2D eigenvalue weighted by molar-refractivity contribution is 6.17. The van der Waals surface area contributed by atoms with Crippen LogP contribution in [0.5, 0.6) is 0 Å². The minimum absolute atomic E-state index is 0.526. The number of nitriles is 1. The molecule has 0 N–H and O–H groups in total. The molecular formula is C50H29N5. The molecule has 3 aromatic heterocycles. The van der Waals surface area contributed by atoms with E-state index in [1.165, 1.54) is 27.2 Å². The van der Waals surface area contributed by atoms with Crippen LogP contribution in [-0.4, -0.2) is 13.7 Å². The Hall–Kier alpha value is -7.86. The molecule has 55 heavy (non-hydrogen) atoms. The Kier molecular flexibility index (Phi) is 6.61. The van der Waals surface area contributed by atoms with Gasteiger partial charge >= 0.3 is 0 Å². The highest BCUT2D eigenvalue weighted by Crippen LogP contribution is 2.43. The Balaban J connectivity index is 1.19. The van der Waals surface area contributed by atoms with Crippen LogP contribution in [0.3, 0.4) is 0 Å². The van der Waals surface area contributed by atoms with Crippen molar-refractivity contribution in [3.05, 3.63) is 193 Å². The van der Waals surface area contributed by atoms with Crippen molar-refractivity contribution in [2.75, 3.05) is 0 Å². The zero-order chi connectivity index (χ0) is 36.6. The van der Waals surface area contributed by atoms with Crippen molar-refractivity contribution < 1.29 is 0 Å². The number of rotatable bonds is 4. The van der Waals surface area contributed by atoms with E-state index in [1.807, 2.05) is 36.4 Å². The van der Waals surface area contributed by atoms with Crippen molar-refractivity contribution in [1.29, 1.82) is 5.26 Å². The topological polar surface area (TPSA) is 42.9 Å². The van der Waals surface area contributed by atoms with Gasteiger partial charge in [0.25, 0.3) is 0 Å². The lowest BCUT2D eigenvalue weighted by Gasteiger charge is -2.17. The van der Waals surface area contributed by atoms with Crippen LogP contribution < -0.4 is 0 Å². The maximum Gasteiger partial charge on any atom is 0.189 e. The first kappa shape index (κ1) is 30.7. The molecule has 11 aromatic rings. The van der Waals surface area contributed by atoms with E-state index in [0.29, 0.717) is 11.3 Å². The maximum absolute atomic E-state index is 10.2. The molecule has 0 atom stereocenters. The predicted octanol–water partition coefficient (Wildman–Crippen LogP) is 13.1. The molecule has 254 valence electrons. The van der Waals surface area contributed by atoms with E-state index in [2.05, 4.69) is 164 Å². The zero-order valence-electron chi connectivity index (χ0n) is 29.5. The van der Waals surface area contributed by atoms with Crippen LogP contribution >= 0.6 is 0 Å². The Morgan fingerprint density at radius 3 is 1.65 bits per heavy atom. The summed E-state index contributed by atoms with van der Waals surface area (Å²) < 4.78 is 6.92. The van der Waals surface area contributed by atoms with Crippen LogP contribution in [0.1, 0.15) is 5.56 Å². The first-order valence-electron chi connectivity index (χ1n) is 18.3. The summed E-state index contributed by atoms with van der Waals surface area (Å²) in [5.74, 6) is 0. The molecule has 0 fully saturated rings. The maximum atomic E-state index is 10.2. The summed E-state index contributed by atoms with van der Waals surface area (Å²) in [6.45, 7) is 8.20. The van der Waals surface area contributed by atoms with Crippen LogP contribution in [0.4, 0.5) is 5.69 Å². The number of hydrogen-bond donors (Lipinski definition) is 0. The van der Waals surface area contributed by atoms with E-state index < -0.39 is 0 Å². The lowest BCUT2D eigenvalue weighted by atomic mass is 10.0. The van der Waals surface area contributed by atoms with Crippen molar-refractivity contribution in [3.8, 4) is 34.3 Å². The van der Waals surface area contributed by atoms with Crippen LogP contribution in [0.2, 0.25) is 0 Å². The van der Waals surface area contributed by atoms with Gasteiger partial charge in [0, 0.05) is 43.6 Å². The van der Waals surface area contributed by atoms with Gasteiger partial charge < -0.3 is 13.7 Å². The summed E-state index contributed by atoms with van der Waals surface area (Å²) >= 11 is 0. The summed E-state index contributed by atoms with van der Waals surface area (Å²) in [7, 11) is 0. The molecule has 5 heteroatoms. The molecule has 0 radical (unpaired) electrons. The normalized spacial score (nSPS) is 11.6. The van der Waals surface area contributed by atoms with Gasteiger partial charge in [0.15, 0.2) is 5.69 Å². The van der Waals surface area contributed by atoms with Gasteiger partial charge in [-0.1, -0.05) is 109 Å². The minimum atomic E-state index is 0.526. The average Bonchev–Trinajstić information content (AvgIpc) is 3.89. The second-order valence-electron chi connectivity index (χ2n) is 13.9. The molecule has 5 nitrogen and oxygen atoms in total. The summed E-state index contributed by atoms with van der Waals surface area (Å²) in [5.41, 5.74) is 12.4. The van der Waals surface area contributed by atoms with E-state index in [4.69, 9.17) is 6.57 Å². The smallest absolute Gasteiger partial charge is 0.189 e. The third kappa shape index (κ3) is 4.39. The van der Waals surface area contributed by atoms with Gasteiger partial charge in [-0.3, -0.25) is 0 Å². The number of hydrogen-bond acceptors (Lipinski definition) is 1. The van der Waals surface area contributed by atoms with E-state index in [1.54, 1.807) is 0 Å². The molecule has 0 saturated carbocycles. The van der Waals surface area contributed by atoms with Crippen LogP contribution in [-0.2, 0) is 0 Å². The molecule has 0 aliphatic heterocycles. The molecule has 3 heterocycles. The molecule has 0 saturated heterocycles. The van der Waals surface area contributed by atoms with Crippen molar-refractivity contribution >= 4 is 71.1 Å². The number of nitrogens with zero attached hydrogens (tertiary/aromatic N) is 5. The van der Waals surface area contributed by atoms with Crippen LogP contribution in [0.25, 0.3) is 98.5 Å². The Morgan fingerprint density at radius 1 is 0.455 bits per heavy atom. The summed E-state index contributed by atoms with van der Waals surface area (Å²) in [5, 5.41) is 17.1. The lowest BCUT2D eigenvalue weighted by Crippen LogP contribution is -1.99. The Bertz CT molecular complexity index is 3420. The van der Waals surface area contributed by atoms with Gasteiger partial charge in [-0.15, -0.1) is 0 Å². The highest BCUT2D eigenvalue weighted by atomic mass is 15.0. The molecule has 11 rings (SSSR count). The molecular weight excluding hydrogens is 671 g/mol. The summed E-state index contributed by atoms with van der Waals surface area (Å²) in [4.78, 5) is 3.97. The number of aromatic nitrogens is 3. The molecule has 8 aromatic carbocycles. The second-order valence-corrected chi connectivity index (χ2v) is 13.9. The fourth-order valence-corrected chi connectivity index (χ4v) is 8.86. The molecule has 0 unspecified atom stereocenters. The van der Waals surface area contributed by atoms with Gasteiger partial charge in [-0.05, 0) is 72.3 Å². The zero-order valence-corrected chi connectivity index (χ0v) is 29.5. The second kappa shape index (κ2) is 11.8. The van der Waals surface area contributed by atoms with E-state index in [0.717, 1.165) is 66.4 Å². The van der Waals surface area contributed by atoms with Crippen molar-refractivity contribution in [1.82, 2.24) is 13.7 Å². The van der Waals surface area contributed by atoms with Gasteiger partial charge in [0.05, 0.1) is 56.6 Å². The van der Waals surface area contributed by atoms with Crippen LogP contribution in [0.15, 0.2) is 176 Å². The van der Waals surface area contributed by atoms with Gasteiger partial charge in [-0.25, -0.2) is 4.85 Å². The monoisotopic (exact) mass is 699 g/mol. The molecule has 0 amide bonds. The van der Waals surface area contributed by atoms with Crippen molar-refractivity contribution in [2.24, 2.45) is 0 Å². The highest BCUT2D eigenvalue weighted by Gasteiger charge is 2.22. The molecule has 0 aliphatic carbocycles. The van der Waals surface area contributed by atoms with E-state index in [9.17, 15) is 5.26 Å². The molecule has 0 bridgehead atoms. The first-order valence-corrected chi connectivity index (χ1v) is 18.3. The SMILES string of the molecule is [C-]#[N+]c1cc(-c2ccccc2-n2c3ccccc3c3c(-n4c5ccccc5c5ccccc54)cccc32)cc(-n2c3ccccc3c3cccc(C#N)c32)c1. The summed E-state index contributed by atoms with van der Waals surface area (Å²) in [6.07, 6.45) is 0.